The van der Waals surface area contributed by atoms with Crippen molar-refractivity contribution in [1.82, 2.24) is 4.90 Å². The highest BCUT2D eigenvalue weighted by atomic mass is 16.2. The minimum Gasteiger partial charge on any atom is -0.377 e. The van der Waals surface area contributed by atoms with Crippen LogP contribution in [-0.2, 0) is 16.1 Å². The number of benzene rings is 1. The molecule has 5 heteroatoms. The van der Waals surface area contributed by atoms with Gasteiger partial charge in [0.25, 0.3) is 0 Å². The molecule has 2 rings (SSSR count). The van der Waals surface area contributed by atoms with Crippen LogP contribution in [0.5, 0.6) is 0 Å². The van der Waals surface area contributed by atoms with E-state index in [-0.39, 0.29) is 17.7 Å². The van der Waals surface area contributed by atoms with Crippen LogP contribution >= 0.6 is 0 Å². The van der Waals surface area contributed by atoms with Crippen LogP contribution in [0.4, 0.5) is 11.4 Å². The molecule has 5 nitrogen and oxygen atoms in total. The number of hydrogen-bond donors (Lipinski definition) is 1. The van der Waals surface area contributed by atoms with Crippen molar-refractivity contribution >= 4 is 23.2 Å². The Hall–Kier alpha value is -2.04. The normalized spacial score (nSPS) is 14.3. The standard InChI is InChI=1S/C21H33N3O2/c1-5-13-24(20(25)6-2)15-17-14-18(11-12-19(17)23(3)4)22-21(26)16-9-7-8-10-16/h11-12,14,16H,5-10,13,15H2,1-4H3,(H,22,26). The fourth-order valence-corrected chi connectivity index (χ4v) is 3.65. The lowest BCUT2D eigenvalue weighted by Crippen LogP contribution is -2.31. The largest absolute Gasteiger partial charge is 0.377 e. The summed E-state index contributed by atoms with van der Waals surface area (Å²) in [6.07, 6.45) is 5.71. The van der Waals surface area contributed by atoms with Gasteiger partial charge in [-0.2, -0.15) is 0 Å². The first kappa shape index (κ1) is 20.3. The first-order valence-electron chi connectivity index (χ1n) is 9.85. The van der Waals surface area contributed by atoms with E-state index in [0.717, 1.165) is 55.6 Å². The van der Waals surface area contributed by atoms with Crippen molar-refractivity contribution in [1.29, 1.82) is 0 Å². The minimum absolute atomic E-state index is 0.126. The van der Waals surface area contributed by atoms with E-state index >= 15 is 0 Å². The molecule has 1 aliphatic rings. The summed E-state index contributed by atoms with van der Waals surface area (Å²) in [6.45, 7) is 5.30. The van der Waals surface area contributed by atoms with Gasteiger partial charge < -0.3 is 15.1 Å². The van der Waals surface area contributed by atoms with Crippen LogP contribution in [0.15, 0.2) is 18.2 Å². The molecule has 1 fully saturated rings. The summed E-state index contributed by atoms with van der Waals surface area (Å²) in [4.78, 5) is 28.7. The first-order chi connectivity index (χ1) is 12.5. The lowest BCUT2D eigenvalue weighted by atomic mass is 10.1. The third-order valence-corrected chi connectivity index (χ3v) is 5.06. The van der Waals surface area contributed by atoms with Crippen LogP contribution in [0, 0.1) is 5.92 Å². The molecule has 0 bridgehead atoms. The molecule has 1 aliphatic carbocycles. The van der Waals surface area contributed by atoms with Crippen LogP contribution in [0.25, 0.3) is 0 Å². The zero-order valence-corrected chi connectivity index (χ0v) is 16.7. The topological polar surface area (TPSA) is 52.7 Å². The van der Waals surface area contributed by atoms with Crippen molar-refractivity contribution in [2.45, 2.75) is 58.9 Å². The molecule has 0 heterocycles. The van der Waals surface area contributed by atoms with Crippen molar-refractivity contribution in [2.75, 3.05) is 30.9 Å². The van der Waals surface area contributed by atoms with Gasteiger partial charge in [0.2, 0.25) is 11.8 Å². The molecular formula is C21H33N3O2. The van der Waals surface area contributed by atoms with Gasteiger partial charge in [-0.05, 0) is 43.0 Å². The SMILES string of the molecule is CCCN(Cc1cc(NC(=O)C2CCCC2)ccc1N(C)C)C(=O)CC. The molecule has 1 aromatic carbocycles. The maximum atomic E-state index is 12.4. The van der Waals surface area contributed by atoms with Crippen molar-refractivity contribution in [2.24, 2.45) is 5.92 Å². The fourth-order valence-electron chi connectivity index (χ4n) is 3.65. The average Bonchev–Trinajstić information content (AvgIpc) is 3.15. The number of rotatable bonds is 8. The van der Waals surface area contributed by atoms with Gasteiger partial charge in [0.05, 0.1) is 0 Å². The lowest BCUT2D eigenvalue weighted by Gasteiger charge is -2.26. The summed E-state index contributed by atoms with van der Waals surface area (Å²) in [5.41, 5.74) is 2.96. The Morgan fingerprint density at radius 3 is 2.42 bits per heavy atom. The highest BCUT2D eigenvalue weighted by molar-refractivity contribution is 5.93. The average molecular weight is 360 g/mol. The number of nitrogens with zero attached hydrogens (tertiary/aromatic N) is 2. The molecule has 2 amide bonds. The number of nitrogens with one attached hydrogen (secondary N) is 1. The summed E-state index contributed by atoms with van der Waals surface area (Å²) < 4.78 is 0. The van der Waals surface area contributed by atoms with Crippen LogP contribution in [-0.4, -0.2) is 37.4 Å². The van der Waals surface area contributed by atoms with Crippen molar-refractivity contribution in [3.8, 4) is 0 Å². The number of hydrogen-bond acceptors (Lipinski definition) is 3. The molecule has 1 N–H and O–H groups in total. The van der Waals surface area contributed by atoms with E-state index in [1.54, 1.807) is 0 Å². The highest BCUT2D eigenvalue weighted by Crippen LogP contribution is 2.28. The second kappa shape index (κ2) is 9.60. The number of amides is 2. The fraction of sp³-hybridized carbons (Fsp3) is 0.619. The Bertz CT molecular complexity index is 622. The number of carbonyl (C=O) groups excluding carboxylic acids is 2. The molecule has 0 aromatic heterocycles. The summed E-state index contributed by atoms with van der Waals surface area (Å²) in [5.74, 6) is 0.434. The molecular weight excluding hydrogens is 326 g/mol. The Kier molecular flexibility index (Phi) is 7.49. The number of anilines is 2. The lowest BCUT2D eigenvalue weighted by molar-refractivity contribution is -0.131. The Balaban J connectivity index is 2.21. The van der Waals surface area contributed by atoms with E-state index in [1.165, 1.54) is 0 Å². The third-order valence-electron chi connectivity index (χ3n) is 5.06. The van der Waals surface area contributed by atoms with E-state index in [2.05, 4.69) is 17.1 Å². The summed E-state index contributed by atoms with van der Waals surface area (Å²) >= 11 is 0. The molecule has 0 unspecified atom stereocenters. The molecule has 1 aromatic rings. The molecule has 1 saturated carbocycles. The second-order valence-corrected chi connectivity index (χ2v) is 7.38. The van der Waals surface area contributed by atoms with Crippen molar-refractivity contribution < 1.29 is 9.59 Å². The van der Waals surface area contributed by atoms with Gasteiger partial charge in [-0.1, -0.05) is 26.7 Å². The van der Waals surface area contributed by atoms with E-state index in [1.807, 2.05) is 44.1 Å². The van der Waals surface area contributed by atoms with E-state index in [0.29, 0.717) is 13.0 Å². The van der Waals surface area contributed by atoms with E-state index in [4.69, 9.17) is 0 Å². The predicted molar refractivity (Wildman–Crippen MR) is 107 cm³/mol. The van der Waals surface area contributed by atoms with Crippen LogP contribution in [0.1, 0.15) is 57.9 Å². The zero-order chi connectivity index (χ0) is 19.1. The second-order valence-electron chi connectivity index (χ2n) is 7.38. The molecule has 0 spiro atoms. The predicted octanol–water partition coefficient (Wildman–Crippen LogP) is 4.03. The van der Waals surface area contributed by atoms with Gasteiger partial charge in [-0.15, -0.1) is 0 Å². The minimum atomic E-state index is 0.126. The molecule has 0 atom stereocenters. The monoisotopic (exact) mass is 359 g/mol. The Morgan fingerprint density at radius 2 is 1.85 bits per heavy atom. The van der Waals surface area contributed by atoms with Gasteiger partial charge in [-0.25, -0.2) is 0 Å². The molecule has 0 saturated heterocycles. The molecule has 144 valence electrons. The molecule has 0 radical (unpaired) electrons. The molecule has 26 heavy (non-hydrogen) atoms. The zero-order valence-electron chi connectivity index (χ0n) is 16.7. The summed E-state index contributed by atoms with van der Waals surface area (Å²) in [7, 11) is 4.00. The highest BCUT2D eigenvalue weighted by Gasteiger charge is 2.23. The molecule has 0 aliphatic heterocycles. The summed E-state index contributed by atoms with van der Waals surface area (Å²) in [6, 6.07) is 6.01. The van der Waals surface area contributed by atoms with E-state index in [9.17, 15) is 9.59 Å². The third kappa shape index (κ3) is 5.23. The van der Waals surface area contributed by atoms with Gasteiger partial charge in [-0.3, -0.25) is 9.59 Å². The number of carbonyl (C=O) groups is 2. The van der Waals surface area contributed by atoms with Crippen LogP contribution in [0.2, 0.25) is 0 Å². The van der Waals surface area contributed by atoms with Crippen molar-refractivity contribution in [3.63, 3.8) is 0 Å². The van der Waals surface area contributed by atoms with Gasteiger partial charge in [0.15, 0.2) is 0 Å². The van der Waals surface area contributed by atoms with Gasteiger partial charge in [0, 0.05) is 50.9 Å². The smallest absolute Gasteiger partial charge is 0.227 e. The first-order valence-corrected chi connectivity index (χ1v) is 9.85. The maximum Gasteiger partial charge on any atom is 0.227 e. The van der Waals surface area contributed by atoms with Crippen molar-refractivity contribution in [3.05, 3.63) is 23.8 Å². The summed E-state index contributed by atoms with van der Waals surface area (Å²) in [5, 5.41) is 3.08. The maximum absolute atomic E-state index is 12.4. The van der Waals surface area contributed by atoms with Crippen LogP contribution in [0.3, 0.4) is 0 Å². The van der Waals surface area contributed by atoms with Gasteiger partial charge >= 0.3 is 0 Å². The van der Waals surface area contributed by atoms with Gasteiger partial charge in [0.1, 0.15) is 0 Å². The Morgan fingerprint density at radius 1 is 1.15 bits per heavy atom. The quantitative estimate of drug-likeness (QED) is 0.762. The Labute approximate surface area is 157 Å². The van der Waals surface area contributed by atoms with Crippen LogP contribution < -0.4 is 10.2 Å². The van der Waals surface area contributed by atoms with E-state index < -0.39 is 0 Å².